The number of anilines is 1. The van der Waals surface area contributed by atoms with Gasteiger partial charge in [-0.25, -0.2) is 13.9 Å². The number of halogens is 1. The number of aromatic nitrogens is 2. The van der Waals surface area contributed by atoms with E-state index in [1.54, 1.807) is 47.3 Å². The summed E-state index contributed by atoms with van der Waals surface area (Å²) in [5, 5.41) is 9.71. The molecule has 1 heterocycles. The predicted octanol–water partition coefficient (Wildman–Crippen LogP) is 3.30. The molecule has 1 unspecified atom stereocenters. The van der Waals surface area contributed by atoms with E-state index in [2.05, 4.69) is 15.7 Å². The molecule has 2 aromatic carbocycles. The molecule has 0 aliphatic rings. The highest BCUT2D eigenvalue weighted by Gasteiger charge is 2.17. The first-order valence-electron chi connectivity index (χ1n) is 8.63. The molecule has 0 radical (unpaired) electrons. The maximum Gasteiger partial charge on any atom is 0.316 e. The third-order valence-corrected chi connectivity index (χ3v) is 4.35. The Bertz CT molecular complexity index is 996. The Hall–Kier alpha value is -3.68. The maximum absolute atomic E-state index is 13.1. The quantitative estimate of drug-likeness (QED) is 0.632. The van der Waals surface area contributed by atoms with Crippen LogP contribution in [0.15, 0.2) is 54.7 Å². The average molecular weight is 381 g/mol. The fourth-order valence-electron chi connectivity index (χ4n) is 2.89. The van der Waals surface area contributed by atoms with Crippen molar-refractivity contribution in [2.75, 3.05) is 5.32 Å². The van der Waals surface area contributed by atoms with E-state index < -0.39 is 6.03 Å². The summed E-state index contributed by atoms with van der Waals surface area (Å²) in [6.07, 6.45) is 1.68. The lowest BCUT2D eigenvalue weighted by atomic mass is 10.1. The molecule has 3 aromatic rings. The number of carbonyl (C=O) groups is 2. The van der Waals surface area contributed by atoms with Crippen LogP contribution in [0.2, 0.25) is 0 Å². The Kier molecular flexibility index (Phi) is 5.39. The summed E-state index contributed by atoms with van der Waals surface area (Å²) in [5.74, 6) is -0.571. The molecule has 144 valence electrons. The Balaban J connectivity index is 1.72. The van der Waals surface area contributed by atoms with Gasteiger partial charge in [-0.1, -0.05) is 0 Å². The van der Waals surface area contributed by atoms with Crippen molar-refractivity contribution < 1.29 is 14.0 Å². The van der Waals surface area contributed by atoms with Crippen LogP contribution in [0.4, 0.5) is 14.9 Å². The predicted molar refractivity (Wildman–Crippen MR) is 104 cm³/mol. The minimum absolute atomic E-state index is 0.257. The van der Waals surface area contributed by atoms with Crippen molar-refractivity contribution in [1.82, 2.24) is 15.1 Å². The standard InChI is InChI=1S/C20H20FN5O2/c1-12(24-19(27)14-3-7-16(8-4-14)25-20(22)28)18-11-23-26(13(18)2)17-9-5-15(21)6-10-17/h3-12H,1-2H3,(H,24,27)(H3,22,25,28). The van der Waals surface area contributed by atoms with Gasteiger partial charge in [-0.05, 0) is 62.4 Å². The average Bonchev–Trinajstić information content (AvgIpc) is 3.04. The smallest absolute Gasteiger partial charge is 0.316 e. The van der Waals surface area contributed by atoms with Gasteiger partial charge in [-0.2, -0.15) is 5.10 Å². The Morgan fingerprint density at radius 3 is 2.36 bits per heavy atom. The zero-order chi connectivity index (χ0) is 20.3. The van der Waals surface area contributed by atoms with E-state index in [0.29, 0.717) is 11.3 Å². The zero-order valence-corrected chi connectivity index (χ0v) is 15.4. The lowest BCUT2D eigenvalue weighted by Gasteiger charge is -2.14. The van der Waals surface area contributed by atoms with Crippen molar-refractivity contribution >= 4 is 17.6 Å². The molecule has 0 spiro atoms. The van der Waals surface area contributed by atoms with Gasteiger partial charge < -0.3 is 16.4 Å². The summed E-state index contributed by atoms with van der Waals surface area (Å²) in [7, 11) is 0. The van der Waals surface area contributed by atoms with E-state index in [1.807, 2.05) is 13.8 Å². The second-order valence-corrected chi connectivity index (χ2v) is 6.34. The number of primary amides is 1. The number of nitrogens with two attached hydrogens (primary N) is 1. The van der Waals surface area contributed by atoms with Gasteiger partial charge in [0.1, 0.15) is 5.82 Å². The molecule has 7 nitrogen and oxygen atoms in total. The molecule has 1 aromatic heterocycles. The van der Waals surface area contributed by atoms with Gasteiger partial charge in [0.25, 0.3) is 5.91 Å². The van der Waals surface area contributed by atoms with Crippen molar-refractivity contribution in [1.29, 1.82) is 0 Å². The number of benzene rings is 2. The highest BCUT2D eigenvalue weighted by atomic mass is 19.1. The number of hydrogen-bond acceptors (Lipinski definition) is 3. The van der Waals surface area contributed by atoms with Crippen LogP contribution in [0.3, 0.4) is 0 Å². The van der Waals surface area contributed by atoms with Crippen LogP contribution in [0.25, 0.3) is 5.69 Å². The van der Waals surface area contributed by atoms with Gasteiger partial charge >= 0.3 is 6.03 Å². The third-order valence-electron chi connectivity index (χ3n) is 4.35. The Morgan fingerprint density at radius 1 is 1.11 bits per heavy atom. The second kappa shape index (κ2) is 7.91. The van der Waals surface area contributed by atoms with Crippen molar-refractivity contribution in [2.45, 2.75) is 19.9 Å². The SMILES string of the molecule is Cc1c(C(C)NC(=O)c2ccc(NC(N)=O)cc2)cnn1-c1ccc(F)cc1. The molecule has 0 aliphatic heterocycles. The molecule has 0 saturated carbocycles. The summed E-state index contributed by atoms with van der Waals surface area (Å²) in [5.41, 5.74) is 8.46. The van der Waals surface area contributed by atoms with Gasteiger partial charge in [0.05, 0.1) is 17.9 Å². The van der Waals surface area contributed by atoms with Crippen molar-refractivity contribution in [3.63, 3.8) is 0 Å². The van der Waals surface area contributed by atoms with Crippen molar-refractivity contribution in [3.8, 4) is 5.69 Å². The largest absolute Gasteiger partial charge is 0.351 e. The summed E-state index contributed by atoms with van der Waals surface area (Å²) in [6, 6.07) is 11.5. The molecule has 8 heteroatoms. The highest BCUT2D eigenvalue weighted by Crippen LogP contribution is 2.21. The second-order valence-electron chi connectivity index (χ2n) is 6.34. The maximum atomic E-state index is 13.1. The minimum Gasteiger partial charge on any atom is -0.351 e. The van der Waals surface area contributed by atoms with Gasteiger partial charge in [-0.15, -0.1) is 0 Å². The molecule has 4 N–H and O–H groups in total. The number of hydrogen-bond donors (Lipinski definition) is 3. The van der Waals surface area contributed by atoms with E-state index in [4.69, 9.17) is 5.73 Å². The van der Waals surface area contributed by atoms with Crippen LogP contribution < -0.4 is 16.4 Å². The number of nitrogens with one attached hydrogen (secondary N) is 2. The van der Waals surface area contributed by atoms with E-state index in [-0.39, 0.29) is 17.8 Å². The molecule has 0 saturated heterocycles. The van der Waals surface area contributed by atoms with Gasteiger partial charge in [0, 0.05) is 22.5 Å². The molecule has 28 heavy (non-hydrogen) atoms. The molecule has 3 rings (SSSR count). The Labute approximate surface area is 161 Å². The van der Waals surface area contributed by atoms with Crippen LogP contribution in [-0.2, 0) is 0 Å². The van der Waals surface area contributed by atoms with Crippen molar-refractivity contribution in [2.24, 2.45) is 5.73 Å². The van der Waals surface area contributed by atoms with E-state index in [0.717, 1.165) is 16.9 Å². The first kappa shape index (κ1) is 19.1. The zero-order valence-electron chi connectivity index (χ0n) is 15.4. The molecule has 1 atom stereocenters. The summed E-state index contributed by atoms with van der Waals surface area (Å²) in [4.78, 5) is 23.3. The van der Waals surface area contributed by atoms with E-state index in [1.165, 1.54) is 12.1 Å². The summed E-state index contributed by atoms with van der Waals surface area (Å²) in [6.45, 7) is 3.75. The number of urea groups is 1. The van der Waals surface area contributed by atoms with Gasteiger partial charge in [0.2, 0.25) is 0 Å². The fourth-order valence-corrected chi connectivity index (χ4v) is 2.89. The van der Waals surface area contributed by atoms with Crippen molar-refractivity contribution in [3.05, 3.63) is 77.4 Å². The van der Waals surface area contributed by atoms with E-state index in [9.17, 15) is 14.0 Å². The third kappa shape index (κ3) is 4.17. The molecular formula is C20H20FN5O2. The van der Waals surface area contributed by atoms with E-state index >= 15 is 0 Å². The van der Waals surface area contributed by atoms with Crippen LogP contribution in [0.1, 0.15) is 34.6 Å². The molecule has 0 fully saturated rings. The first-order valence-corrected chi connectivity index (χ1v) is 8.63. The molecule has 3 amide bonds. The lowest BCUT2D eigenvalue weighted by molar-refractivity contribution is 0.0940. The number of carbonyl (C=O) groups excluding carboxylic acids is 2. The monoisotopic (exact) mass is 381 g/mol. The van der Waals surface area contributed by atoms with Gasteiger partial charge in [0.15, 0.2) is 0 Å². The Morgan fingerprint density at radius 2 is 1.75 bits per heavy atom. The van der Waals surface area contributed by atoms with Gasteiger partial charge in [-0.3, -0.25) is 4.79 Å². The van der Waals surface area contributed by atoms with Crippen LogP contribution in [0, 0.1) is 12.7 Å². The number of nitrogens with zero attached hydrogens (tertiary/aromatic N) is 2. The first-order chi connectivity index (χ1) is 13.3. The molecular weight excluding hydrogens is 361 g/mol. The topological polar surface area (TPSA) is 102 Å². The normalized spacial score (nSPS) is 11.7. The minimum atomic E-state index is -0.667. The number of rotatable bonds is 5. The van der Waals surface area contributed by atoms with Crippen LogP contribution in [0.5, 0.6) is 0 Å². The molecule has 0 bridgehead atoms. The number of amides is 3. The summed E-state index contributed by atoms with van der Waals surface area (Å²) >= 11 is 0. The fraction of sp³-hybridized carbons (Fsp3) is 0.150. The molecule has 0 aliphatic carbocycles. The summed E-state index contributed by atoms with van der Waals surface area (Å²) < 4.78 is 14.8. The van der Waals surface area contributed by atoms with Crippen LogP contribution in [-0.4, -0.2) is 21.7 Å². The highest BCUT2D eigenvalue weighted by molar-refractivity contribution is 5.95. The van der Waals surface area contributed by atoms with Crippen LogP contribution >= 0.6 is 0 Å². The lowest BCUT2D eigenvalue weighted by Crippen LogP contribution is -2.27.